The third-order valence-electron chi connectivity index (χ3n) is 13.0. The van der Waals surface area contributed by atoms with Crippen LogP contribution in [-0.2, 0) is 51.7 Å². The predicted octanol–water partition coefficient (Wildman–Crippen LogP) is 13.6. The molecule has 2 aromatic rings. The van der Waals surface area contributed by atoms with E-state index in [1.54, 1.807) is 50.2 Å². The summed E-state index contributed by atoms with van der Waals surface area (Å²) in [5, 5.41) is 22.6. The number of benzene rings is 2. The third-order valence-corrected chi connectivity index (χ3v) is 13.9. The number of likely N-dealkylation sites (N-methyl/N-ethyl adjacent to an activating group) is 1. The normalized spacial score (nSPS) is 13.5. The van der Waals surface area contributed by atoms with Crippen LogP contribution in [0.3, 0.4) is 0 Å². The summed E-state index contributed by atoms with van der Waals surface area (Å²) in [6, 6.07) is 12.6. The van der Waals surface area contributed by atoms with Gasteiger partial charge in [0.1, 0.15) is 32.0 Å². The van der Waals surface area contributed by atoms with Gasteiger partial charge >= 0.3 is 31.7 Å². The first-order valence-corrected chi connectivity index (χ1v) is 29.4. The second-order valence-corrected chi connectivity index (χ2v) is 22.2. The molecule has 76 heavy (non-hydrogen) atoms. The molecule has 0 aliphatic carbocycles. The van der Waals surface area contributed by atoms with Crippen molar-refractivity contribution in [1.29, 1.82) is 0 Å². The first kappa shape index (κ1) is 67.3. The number of nitrogens with zero attached hydrogens (tertiary/aromatic N) is 3. The standard InChI is InChI=1S/C56H90N3O16P/c1-46(49-34-30-32-36-51(49)57(64)65)73-54(61)39-27-23-19-15-11-7-6-10-14-18-22-26-38-53(60)70-44-48(45-72-76(68,69)71-43-42-59(3,4)5)75-56(63)41-29-25-21-17-13-9-8-12-16-20-24-28-40-55(62)74-47(2)50-35-31-33-37-52(50)58(66)67/h30-37,46-48H,6-29,38-45H2,1-5H3/p+1/t46?,47?,48-/m1/s1. The van der Waals surface area contributed by atoms with Crippen molar-refractivity contribution < 1.29 is 71.0 Å². The number of para-hydroxylation sites is 2. The summed E-state index contributed by atoms with van der Waals surface area (Å²) in [5.74, 6) is -1.65. The molecule has 20 heteroatoms. The Morgan fingerprint density at radius 1 is 0.500 bits per heavy atom. The van der Waals surface area contributed by atoms with E-state index in [2.05, 4.69) is 0 Å². The summed E-state index contributed by atoms with van der Waals surface area (Å²) in [6.07, 6.45) is 22.1. The van der Waals surface area contributed by atoms with E-state index in [-0.39, 0.29) is 62.2 Å². The minimum atomic E-state index is -4.46. The third kappa shape index (κ3) is 33.4. The Bertz CT molecular complexity index is 2050. The number of hydrogen-bond acceptors (Lipinski definition) is 15. The summed E-state index contributed by atoms with van der Waals surface area (Å²) in [4.78, 5) is 81.9. The van der Waals surface area contributed by atoms with Crippen LogP contribution in [0.2, 0.25) is 0 Å². The average Bonchev–Trinajstić information content (AvgIpc) is 3.36. The van der Waals surface area contributed by atoms with Gasteiger partial charge in [-0.2, -0.15) is 0 Å². The van der Waals surface area contributed by atoms with Crippen LogP contribution >= 0.6 is 7.82 Å². The molecule has 2 aromatic carbocycles. The fourth-order valence-corrected chi connectivity index (χ4v) is 9.25. The number of rotatable bonds is 46. The molecule has 0 amide bonds. The maximum absolute atomic E-state index is 12.8. The number of phosphoric acid groups is 1. The minimum Gasteiger partial charge on any atom is -0.462 e. The molecule has 430 valence electrons. The summed E-state index contributed by atoms with van der Waals surface area (Å²) in [6.45, 7) is 2.96. The first-order valence-electron chi connectivity index (χ1n) is 27.9. The van der Waals surface area contributed by atoms with Crippen molar-refractivity contribution in [1.82, 2.24) is 0 Å². The Kier molecular flexibility index (Phi) is 35.0. The number of phosphoric ester groups is 1. The second-order valence-electron chi connectivity index (χ2n) is 20.8. The number of esters is 4. The van der Waals surface area contributed by atoms with Crippen LogP contribution in [0.4, 0.5) is 11.4 Å². The molecular weight excluding hydrogens is 1000 g/mol. The number of carbonyl (C=O) groups excluding carboxylic acids is 4. The highest BCUT2D eigenvalue weighted by Crippen LogP contribution is 2.43. The lowest BCUT2D eigenvalue weighted by Gasteiger charge is -2.24. The maximum atomic E-state index is 12.8. The van der Waals surface area contributed by atoms with E-state index in [4.69, 9.17) is 28.0 Å². The number of hydrogen-bond donors (Lipinski definition) is 1. The molecule has 3 unspecified atom stereocenters. The molecule has 0 heterocycles. The van der Waals surface area contributed by atoms with E-state index in [1.807, 2.05) is 21.1 Å². The van der Waals surface area contributed by atoms with E-state index in [0.29, 0.717) is 41.4 Å². The highest BCUT2D eigenvalue weighted by atomic mass is 31.2. The highest BCUT2D eigenvalue weighted by Gasteiger charge is 2.28. The minimum absolute atomic E-state index is 0.0205. The van der Waals surface area contributed by atoms with Gasteiger partial charge in [0.05, 0.1) is 48.7 Å². The predicted molar refractivity (Wildman–Crippen MR) is 290 cm³/mol. The largest absolute Gasteiger partial charge is 0.472 e. The van der Waals surface area contributed by atoms with Crippen molar-refractivity contribution in [2.45, 2.75) is 212 Å². The molecule has 0 aliphatic rings. The lowest BCUT2D eigenvalue weighted by Crippen LogP contribution is -2.37. The molecule has 4 atom stereocenters. The zero-order chi connectivity index (χ0) is 56.0. The van der Waals surface area contributed by atoms with Gasteiger partial charge in [0.2, 0.25) is 0 Å². The van der Waals surface area contributed by atoms with Gasteiger partial charge in [-0.25, -0.2) is 4.57 Å². The van der Waals surface area contributed by atoms with Crippen LogP contribution in [0.5, 0.6) is 0 Å². The van der Waals surface area contributed by atoms with Gasteiger partial charge in [-0.05, 0) is 51.7 Å². The number of carbonyl (C=O) groups is 4. The number of nitro groups is 2. The Labute approximate surface area is 451 Å². The topological polar surface area (TPSA) is 247 Å². The highest BCUT2D eigenvalue weighted by molar-refractivity contribution is 7.47. The average molecular weight is 1090 g/mol. The number of nitro benzene ring substituents is 2. The lowest BCUT2D eigenvalue weighted by atomic mass is 10.0. The summed E-state index contributed by atoms with van der Waals surface area (Å²) < 4.78 is 45.3. The number of quaternary nitrogens is 1. The molecule has 0 bridgehead atoms. The fraction of sp³-hybridized carbons (Fsp3) is 0.714. The van der Waals surface area contributed by atoms with Crippen LogP contribution in [0.1, 0.15) is 217 Å². The molecule has 19 nitrogen and oxygen atoms in total. The zero-order valence-electron chi connectivity index (χ0n) is 46.3. The molecule has 0 saturated heterocycles. The molecule has 2 rings (SSSR count). The first-order chi connectivity index (χ1) is 36.3. The van der Waals surface area contributed by atoms with Crippen molar-refractivity contribution in [3.05, 3.63) is 79.9 Å². The van der Waals surface area contributed by atoms with Crippen LogP contribution in [0.15, 0.2) is 48.5 Å². The molecule has 0 saturated carbocycles. The van der Waals surface area contributed by atoms with E-state index in [1.165, 1.54) is 12.1 Å². The van der Waals surface area contributed by atoms with Crippen LogP contribution in [-0.4, -0.2) is 96.7 Å². The number of unbranched alkanes of at least 4 members (excludes halogenated alkanes) is 22. The number of ether oxygens (including phenoxy) is 4. The quantitative estimate of drug-likeness (QED) is 0.0123. The van der Waals surface area contributed by atoms with Crippen LogP contribution < -0.4 is 0 Å². The maximum Gasteiger partial charge on any atom is 0.472 e. The molecule has 0 fully saturated rings. The molecule has 1 N–H and O–H groups in total. The van der Waals surface area contributed by atoms with Gasteiger partial charge in [0.25, 0.3) is 11.4 Å². The van der Waals surface area contributed by atoms with Crippen molar-refractivity contribution in [2.24, 2.45) is 0 Å². The van der Waals surface area contributed by atoms with Crippen molar-refractivity contribution in [3.8, 4) is 0 Å². The summed E-state index contributed by atoms with van der Waals surface area (Å²) >= 11 is 0. The van der Waals surface area contributed by atoms with Gasteiger partial charge in [0.15, 0.2) is 6.10 Å². The molecule has 0 spiro atoms. The van der Waals surface area contributed by atoms with Crippen LogP contribution in [0.25, 0.3) is 0 Å². The van der Waals surface area contributed by atoms with Gasteiger partial charge in [0, 0.05) is 37.8 Å². The summed E-state index contributed by atoms with van der Waals surface area (Å²) in [5.41, 5.74) is 0.656. The summed E-state index contributed by atoms with van der Waals surface area (Å²) in [7, 11) is 1.30. The van der Waals surface area contributed by atoms with Gasteiger partial charge in [-0.15, -0.1) is 0 Å². The lowest BCUT2D eigenvalue weighted by molar-refractivity contribution is -0.870. The molecular formula is C56H91N3O16P+. The Hall–Kier alpha value is -4.81. The van der Waals surface area contributed by atoms with E-state index in [0.717, 1.165) is 135 Å². The Morgan fingerprint density at radius 2 is 0.816 bits per heavy atom. The van der Waals surface area contributed by atoms with Crippen LogP contribution in [0, 0.1) is 20.2 Å². The van der Waals surface area contributed by atoms with Crippen molar-refractivity contribution >= 4 is 43.1 Å². The molecule has 0 radical (unpaired) electrons. The molecule has 0 aromatic heterocycles. The smallest absolute Gasteiger partial charge is 0.462 e. The van der Waals surface area contributed by atoms with E-state index in [9.17, 15) is 48.9 Å². The second kappa shape index (κ2) is 39.5. The van der Waals surface area contributed by atoms with Gasteiger partial charge in [-0.1, -0.05) is 153 Å². The van der Waals surface area contributed by atoms with Gasteiger partial charge in [-0.3, -0.25) is 48.5 Å². The van der Waals surface area contributed by atoms with E-state index < -0.39 is 54.5 Å². The monoisotopic (exact) mass is 1090 g/mol. The zero-order valence-corrected chi connectivity index (χ0v) is 47.2. The Morgan fingerprint density at radius 3 is 1.16 bits per heavy atom. The molecule has 0 aliphatic heterocycles. The Balaban J connectivity index is 1.54. The van der Waals surface area contributed by atoms with Crippen molar-refractivity contribution in [3.63, 3.8) is 0 Å². The fourth-order valence-electron chi connectivity index (χ4n) is 8.51. The van der Waals surface area contributed by atoms with Gasteiger partial charge < -0.3 is 28.3 Å². The SMILES string of the molecule is CC(OC(=O)CCCCCCCCCCCCCCC(=O)OC[C@H](COP(=O)(O)OCC[N+](C)(C)C)OC(=O)CCCCCCCCCCCCCCC(=O)OC(C)c1ccccc1[N+](=O)[O-])c1ccccc1[N+](=O)[O-]. The van der Waals surface area contributed by atoms with E-state index >= 15 is 0 Å². The van der Waals surface area contributed by atoms with Crippen molar-refractivity contribution in [2.75, 3.05) is 47.5 Å².